The SMILES string of the molecule is Cc1ccc(NC(=O)COc2cccc(Br)c2)cc1S(=O)(=O)N(C)C. The van der Waals surface area contributed by atoms with Crippen molar-refractivity contribution in [2.75, 3.05) is 26.0 Å². The standard InChI is InChI=1S/C17H19BrN2O4S/c1-12-7-8-14(10-16(12)25(22,23)20(2)3)19-17(21)11-24-15-6-4-5-13(18)9-15/h4-10H,11H2,1-3H3,(H,19,21). The lowest BCUT2D eigenvalue weighted by Crippen LogP contribution is -2.24. The topological polar surface area (TPSA) is 75.7 Å². The number of halogens is 1. The van der Waals surface area contributed by atoms with Gasteiger partial charge in [-0.25, -0.2) is 12.7 Å². The number of nitrogens with one attached hydrogen (secondary N) is 1. The molecule has 0 spiro atoms. The van der Waals surface area contributed by atoms with Gasteiger partial charge in [-0.15, -0.1) is 0 Å². The lowest BCUT2D eigenvalue weighted by Gasteiger charge is -2.15. The van der Waals surface area contributed by atoms with Crippen LogP contribution in [0.1, 0.15) is 5.56 Å². The van der Waals surface area contributed by atoms with Gasteiger partial charge in [0, 0.05) is 24.3 Å². The Bertz CT molecular complexity index is 882. The molecule has 0 radical (unpaired) electrons. The molecular weight excluding hydrogens is 408 g/mol. The van der Waals surface area contributed by atoms with E-state index in [9.17, 15) is 13.2 Å². The minimum absolute atomic E-state index is 0.156. The van der Waals surface area contributed by atoms with Crippen molar-refractivity contribution in [1.82, 2.24) is 4.31 Å². The Balaban J connectivity index is 2.09. The second-order valence-corrected chi connectivity index (χ2v) is 8.60. The minimum Gasteiger partial charge on any atom is -0.484 e. The van der Waals surface area contributed by atoms with Crippen LogP contribution in [0.15, 0.2) is 51.8 Å². The van der Waals surface area contributed by atoms with Crippen LogP contribution >= 0.6 is 15.9 Å². The van der Waals surface area contributed by atoms with Gasteiger partial charge in [-0.2, -0.15) is 0 Å². The predicted octanol–water partition coefficient (Wildman–Crippen LogP) is 3.03. The lowest BCUT2D eigenvalue weighted by atomic mass is 10.2. The van der Waals surface area contributed by atoms with E-state index in [4.69, 9.17) is 4.74 Å². The number of amides is 1. The van der Waals surface area contributed by atoms with Crippen LogP contribution in [0.2, 0.25) is 0 Å². The molecule has 0 heterocycles. The Hall–Kier alpha value is -1.90. The lowest BCUT2D eigenvalue weighted by molar-refractivity contribution is -0.118. The summed E-state index contributed by atoms with van der Waals surface area (Å²) in [7, 11) is -0.652. The molecule has 0 atom stereocenters. The van der Waals surface area contributed by atoms with E-state index < -0.39 is 10.0 Å². The average molecular weight is 427 g/mol. The van der Waals surface area contributed by atoms with E-state index in [0.717, 1.165) is 8.78 Å². The number of nitrogens with zero attached hydrogens (tertiary/aromatic N) is 1. The van der Waals surface area contributed by atoms with Gasteiger partial charge in [0.25, 0.3) is 5.91 Å². The first-order valence-corrected chi connectivity index (χ1v) is 9.65. The van der Waals surface area contributed by atoms with Crippen LogP contribution in [-0.2, 0) is 14.8 Å². The van der Waals surface area contributed by atoms with E-state index >= 15 is 0 Å². The van der Waals surface area contributed by atoms with Gasteiger partial charge < -0.3 is 10.1 Å². The Morgan fingerprint density at radius 1 is 1.20 bits per heavy atom. The Kier molecular flexibility index (Phi) is 6.21. The maximum Gasteiger partial charge on any atom is 0.262 e. The largest absolute Gasteiger partial charge is 0.484 e. The number of rotatable bonds is 6. The molecule has 1 N–H and O–H groups in total. The van der Waals surface area contributed by atoms with Crippen molar-refractivity contribution < 1.29 is 17.9 Å². The molecule has 25 heavy (non-hydrogen) atoms. The number of aryl methyl sites for hydroxylation is 1. The molecule has 2 rings (SSSR count). The van der Waals surface area contributed by atoms with Crippen LogP contribution in [-0.4, -0.2) is 39.3 Å². The van der Waals surface area contributed by atoms with E-state index in [-0.39, 0.29) is 17.4 Å². The molecule has 0 unspecified atom stereocenters. The van der Waals surface area contributed by atoms with Crippen LogP contribution < -0.4 is 10.1 Å². The Labute approximate surface area is 156 Å². The highest BCUT2D eigenvalue weighted by atomic mass is 79.9. The summed E-state index contributed by atoms with van der Waals surface area (Å²) >= 11 is 3.33. The Morgan fingerprint density at radius 2 is 1.92 bits per heavy atom. The molecule has 0 aromatic heterocycles. The maximum atomic E-state index is 12.3. The first kappa shape index (κ1) is 19.4. The smallest absolute Gasteiger partial charge is 0.262 e. The van der Waals surface area contributed by atoms with Crippen molar-refractivity contribution in [3.8, 4) is 5.75 Å². The predicted molar refractivity (Wildman–Crippen MR) is 100 cm³/mol. The molecule has 0 saturated heterocycles. The highest BCUT2D eigenvalue weighted by molar-refractivity contribution is 9.10. The summed E-state index contributed by atoms with van der Waals surface area (Å²) in [4.78, 5) is 12.2. The van der Waals surface area contributed by atoms with Crippen LogP contribution in [0.5, 0.6) is 5.75 Å². The van der Waals surface area contributed by atoms with Crippen molar-refractivity contribution in [2.24, 2.45) is 0 Å². The molecule has 8 heteroatoms. The fourth-order valence-corrected chi connectivity index (χ4v) is 3.58. The van der Waals surface area contributed by atoms with Gasteiger partial charge in [0.05, 0.1) is 4.90 Å². The number of anilines is 1. The maximum absolute atomic E-state index is 12.3. The minimum atomic E-state index is -3.58. The van der Waals surface area contributed by atoms with Crippen molar-refractivity contribution in [2.45, 2.75) is 11.8 Å². The molecule has 134 valence electrons. The molecule has 0 aliphatic rings. The molecule has 0 saturated carbocycles. The highest BCUT2D eigenvalue weighted by Gasteiger charge is 2.20. The first-order chi connectivity index (χ1) is 11.7. The van der Waals surface area contributed by atoms with Gasteiger partial charge in [0.1, 0.15) is 5.75 Å². The number of ether oxygens (including phenoxy) is 1. The van der Waals surface area contributed by atoms with Gasteiger partial charge in [0.15, 0.2) is 6.61 Å². The molecule has 0 fully saturated rings. The molecule has 0 bridgehead atoms. The summed E-state index contributed by atoms with van der Waals surface area (Å²) in [6.45, 7) is 1.53. The van der Waals surface area contributed by atoms with E-state index in [2.05, 4.69) is 21.2 Å². The van der Waals surface area contributed by atoms with E-state index in [1.807, 2.05) is 6.07 Å². The zero-order valence-electron chi connectivity index (χ0n) is 14.1. The van der Waals surface area contributed by atoms with Crippen molar-refractivity contribution in [3.63, 3.8) is 0 Å². The highest BCUT2D eigenvalue weighted by Crippen LogP contribution is 2.22. The first-order valence-electron chi connectivity index (χ1n) is 7.41. The van der Waals surface area contributed by atoms with Crippen LogP contribution in [0, 0.1) is 6.92 Å². The molecular formula is C17H19BrN2O4S. The van der Waals surface area contributed by atoms with Gasteiger partial charge >= 0.3 is 0 Å². The number of carbonyl (C=O) groups excluding carboxylic acids is 1. The molecule has 2 aromatic rings. The number of hydrogen-bond acceptors (Lipinski definition) is 4. The summed E-state index contributed by atoms with van der Waals surface area (Å²) < 4.78 is 32.0. The molecule has 1 amide bonds. The third-order valence-corrected chi connectivity index (χ3v) is 5.85. The third-order valence-electron chi connectivity index (χ3n) is 3.40. The zero-order chi connectivity index (χ0) is 18.6. The van der Waals surface area contributed by atoms with Crippen LogP contribution in [0.4, 0.5) is 5.69 Å². The summed E-state index contributed by atoms with van der Waals surface area (Å²) in [6, 6.07) is 11.9. The van der Waals surface area contributed by atoms with Gasteiger partial charge in [-0.05, 0) is 42.8 Å². The number of carbonyl (C=O) groups is 1. The van der Waals surface area contributed by atoms with Crippen molar-refractivity contribution >= 4 is 37.5 Å². The summed E-state index contributed by atoms with van der Waals surface area (Å²) in [5.74, 6) is 0.182. The summed E-state index contributed by atoms with van der Waals surface area (Å²) in [5, 5.41) is 2.65. The van der Waals surface area contributed by atoms with E-state index in [0.29, 0.717) is 17.0 Å². The molecule has 6 nitrogen and oxygen atoms in total. The number of benzene rings is 2. The second-order valence-electron chi connectivity index (χ2n) is 5.56. The van der Waals surface area contributed by atoms with Crippen molar-refractivity contribution in [1.29, 1.82) is 0 Å². The molecule has 0 aliphatic carbocycles. The van der Waals surface area contributed by atoms with Gasteiger partial charge in [-0.3, -0.25) is 4.79 Å². The van der Waals surface area contributed by atoms with Crippen LogP contribution in [0.3, 0.4) is 0 Å². The quantitative estimate of drug-likeness (QED) is 0.769. The zero-order valence-corrected chi connectivity index (χ0v) is 16.5. The fourth-order valence-electron chi connectivity index (χ4n) is 2.06. The fraction of sp³-hybridized carbons (Fsp3) is 0.235. The monoisotopic (exact) mass is 426 g/mol. The van der Waals surface area contributed by atoms with E-state index in [1.54, 1.807) is 37.3 Å². The number of hydrogen-bond donors (Lipinski definition) is 1. The summed E-state index contributed by atoms with van der Waals surface area (Å²) in [5.41, 5.74) is 1.01. The third kappa shape index (κ3) is 5.04. The summed E-state index contributed by atoms with van der Waals surface area (Å²) in [6.07, 6.45) is 0. The second kappa shape index (κ2) is 7.99. The van der Waals surface area contributed by atoms with Crippen molar-refractivity contribution in [3.05, 3.63) is 52.5 Å². The van der Waals surface area contributed by atoms with E-state index in [1.165, 1.54) is 20.2 Å². The molecule has 2 aromatic carbocycles. The normalized spacial score (nSPS) is 11.4. The van der Waals surface area contributed by atoms with Crippen LogP contribution in [0.25, 0.3) is 0 Å². The van der Waals surface area contributed by atoms with Gasteiger partial charge in [-0.1, -0.05) is 28.1 Å². The number of sulfonamides is 1. The van der Waals surface area contributed by atoms with Gasteiger partial charge in [0.2, 0.25) is 10.0 Å². The molecule has 0 aliphatic heterocycles. The average Bonchev–Trinajstić information content (AvgIpc) is 2.54. The Morgan fingerprint density at radius 3 is 2.56 bits per heavy atom.